The van der Waals surface area contributed by atoms with E-state index in [1.807, 2.05) is 0 Å². The first-order valence-electron chi connectivity index (χ1n) is 8.62. The van der Waals surface area contributed by atoms with Crippen LogP contribution < -0.4 is 0 Å². The number of phenolic OH excluding ortho intramolecular Hbond substituents is 2. The van der Waals surface area contributed by atoms with Crippen LogP contribution in [0, 0.1) is 0 Å². The first kappa shape index (κ1) is 21.1. The summed E-state index contributed by atoms with van der Waals surface area (Å²) in [4.78, 5) is 23.0. The molecule has 8 N–H and O–H groups in total. The maximum Gasteiger partial charge on any atom is 0.343 e. The standard InChI is InChI=1S/C21H16O10/c22-8-1-2-9(14(25)7-8)15(10-3-5-12(23)16(18(10)26)20(28)29)11-4-6-13(24)17(19(11)27)21(30)31/h1-7,15,22-27H,(H,28,29)(H,30,31). The first-order chi connectivity index (χ1) is 14.5. The Morgan fingerprint density at radius 1 is 0.581 bits per heavy atom. The maximum absolute atomic E-state index is 11.5. The Hall–Kier alpha value is -4.60. The van der Waals surface area contributed by atoms with Crippen LogP contribution >= 0.6 is 0 Å². The third-order valence-corrected chi connectivity index (χ3v) is 4.75. The van der Waals surface area contributed by atoms with Gasteiger partial charge in [0, 0.05) is 28.7 Å². The molecule has 3 aromatic rings. The van der Waals surface area contributed by atoms with Gasteiger partial charge in [-0.25, -0.2) is 9.59 Å². The molecule has 0 aromatic heterocycles. The number of aromatic carboxylic acids is 2. The number of carboxylic acids is 2. The number of phenols is 6. The minimum Gasteiger partial charge on any atom is -0.508 e. The smallest absolute Gasteiger partial charge is 0.343 e. The SMILES string of the molecule is O=C(O)c1c(O)ccc(C(c2ccc(O)cc2O)c2ccc(O)c(C(=O)O)c2O)c1O. The Morgan fingerprint density at radius 2 is 1.00 bits per heavy atom. The molecule has 0 aliphatic heterocycles. The predicted molar refractivity (Wildman–Crippen MR) is 104 cm³/mol. The summed E-state index contributed by atoms with van der Waals surface area (Å²) in [5.74, 6) is -8.80. The van der Waals surface area contributed by atoms with Crippen LogP contribution in [0.15, 0.2) is 42.5 Å². The molecule has 3 aromatic carbocycles. The number of rotatable bonds is 5. The minimum atomic E-state index is -1.66. The van der Waals surface area contributed by atoms with Crippen molar-refractivity contribution in [3.05, 3.63) is 70.3 Å². The summed E-state index contributed by atoms with van der Waals surface area (Å²) in [6, 6.07) is 7.54. The molecule has 10 heteroatoms. The quantitative estimate of drug-likeness (QED) is 0.280. The van der Waals surface area contributed by atoms with Crippen molar-refractivity contribution >= 4 is 11.9 Å². The Balaban J connectivity index is 2.42. The van der Waals surface area contributed by atoms with Gasteiger partial charge in [0.1, 0.15) is 45.6 Å². The van der Waals surface area contributed by atoms with Crippen LogP contribution in [0.4, 0.5) is 0 Å². The summed E-state index contributed by atoms with van der Waals surface area (Å²) in [6.45, 7) is 0. The number of hydrogen-bond acceptors (Lipinski definition) is 8. The Labute approximate surface area is 173 Å². The van der Waals surface area contributed by atoms with E-state index in [2.05, 4.69) is 0 Å². The third kappa shape index (κ3) is 3.57. The lowest BCUT2D eigenvalue weighted by molar-refractivity contribution is 0.0678. The normalized spacial score (nSPS) is 10.9. The van der Waals surface area contributed by atoms with Crippen molar-refractivity contribution < 1.29 is 50.4 Å². The molecular formula is C21H16O10. The lowest BCUT2D eigenvalue weighted by atomic mass is 9.82. The lowest BCUT2D eigenvalue weighted by Crippen LogP contribution is -2.09. The summed E-state index contributed by atoms with van der Waals surface area (Å²) in [6.07, 6.45) is 0. The predicted octanol–water partition coefficient (Wildman–Crippen LogP) is 2.50. The van der Waals surface area contributed by atoms with Gasteiger partial charge < -0.3 is 40.9 Å². The summed E-state index contributed by atoms with van der Waals surface area (Å²) >= 11 is 0. The van der Waals surface area contributed by atoms with Crippen LogP contribution in [0.3, 0.4) is 0 Å². The highest BCUT2D eigenvalue weighted by Gasteiger charge is 2.31. The molecule has 0 atom stereocenters. The van der Waals surface area contributed by atoms with Gasteiger partial charge in [0.05, 0.1) is 0 Å². The Bertz CT molecular complexity index is 1150. The third-order valence-electron chi connectivity index (χ3n) is 4.75. The van der Waals surface area contributed by atoms with Crippen LogP contribution in [0.2, 0.25) is 0 Å². The molecule has 0 fully saturated rings. The van der Waals surface area contributed by atoms with E-state index in [-0.39, 0.29) is 22.4 Å². The monoisotopic (exact) mass is 428 g/mol. The molecule has 0 spiro atoms. The molecule has 31 heavy (non-hydrogen) atoms. The molecule has 0 aliphatic rings. The molecule has 0 amide bonds. The number of hydrogen-bond donors (Lipinski definition) is 8. The average molecular weight is 428 g/mol. The molecule has 0 aliphatic carbocycles. The lowest BCUT2D eigenvalue weighted by Gasteiger charge is -2.23. The summed E-state index contributed by atoms with van der Waals surface area (Å²) in [5, 5.41) is 79.4. The summed E-state index contributed by atoms with van der Waals surface area (Å²) < 4.78 is 0. The van der Waals surface area contributed by atoms with Crippen molar-refractivity contribution in [2.24, 2.45) is 0 Å². The highest BCUT2D eigenvalue weighted by molar-refractivity contribution is 5.96. The van der Waals surface area contributed by atoms with Crippen molar-refractivity contribution in [3.8, 4) is 34.5 Å². The fraction of sp³-hybridized carbons (Fsp3) is 0.0476. The van der Waals surface area contributed by atoms with E-state index in [1.165, 1.54) is 12.1 Å². The van der Waals surface area contributed by atoms with Gasteiger partial charge in [0.2, 0.25) is 0 Å². The molecule has 0 bridgehead atoms. The summed E-state index contributed by atoms with van der Waals surface area (Å²) in [7, 11) is 0. The van der Waals surface area contributed by atoms with Gasteiger partial charge in [-0.2, -0.15) is 0 Å². The molecule has 10 nitrogen and oxygen atoms in total. The van der Waals surface area contributed by atoms with E-state index < -0.39 is 57.7 Å². The molecule has 0 saturated carbocycles. The van der Waals surface area contributed by atoms with Gasteiger partial charge in [-0.15, -0.1) is 0 Å². The van der Waals surface area contributed by atoms with Crippen LogP contribution in [-0.4, -0.2) is 52.8 Å². The topological polar surface area (TPSA) is 196 Å². The Morgan fingerprint density at radius 3 is 1.39 bits per heavy atom. The number of carbonyl (C=O) groups is 2. The van der Waals surface area contributed by atoms with Crippen molar-refractivity contribution in [1.29, 1.82) is 0 Å². The van der Waals surface area contributed by atoms with Crippen LogP contribution in [0.25, 0.3) is 0 Å². The number of carboxylic acid groups (broad SMARTS) is 2. The number of benzene rings is 3. The zero-order valence-electron chi connectivity index (χ0n) is 15.5. The molecule has 0 heterocycles. The second-order valence-electron chi connectivity index (χ2n) is 6.58. The van der Waals surface area contributed by atoms with Crippen LogP contribution in [0.1, 0.15) is 43.3 Å². The molecule has 0 unspecified atom stereocenters. The van der Waals surface area contributed by atoms with Gasteiger partial charge in [0.15, 0.2) is 0 Å². The largest absolute Gasteiger partial charge is 0.508 e. The highest BCUT2D eigenvalue weighted by atomic mass is 16.4. The van der Waals surface area contributed by atoms with Crippen LogP contribution in [0.5, 0.6) is 34.5 Å². The maximum atomic E-state index is 11.5. The second-order valence-corrected chi connectivity index (χ2v) is 6.58. The van der Waals surface area contributed by atoms with Gasteiger partial charge in [-0.05, 0) is 18.2 Å². The van der Waals surface area contributed by atoms with E-state index in [4.69, 9.17) is 0 Å². The molecule has 160 valence electrons. The zero-order valence-corrected chi connectivity index (χ0v) is 15.5. The molecular weight excluding hydrogens is 412 g/mol. The van der Waals surface area contributed by atoms with Crippen LogP contribution in [-0.2, 0) is 0 Å². The zero-order chi connectivity index (χ0) is 23.0. The van der Waals surface area contributed by atoms with Gasteiger partial charge in [-0.3, -0.25) is 0 Å². The van der Waals surface area contributed by atoms with E-state index in [0.29, 0.717) is 0 Å². The molecule has 0 saturated heterocycles. The molecule has 0 radical (unpaired) electrons. The Kier molecular flexibility index (Phi) is 5.23. The summed E-state index contributed by atoms with van der Waals surface area (Å²) in [5.41, 5.74) is -2.18. The van der Waals surface area contributed by atoms with Gasteiger partial charge in [-0.1, -0.05) is 18.2 Å². The highest BCUT2D eigenvalue weighted by Crippen LogP contribution is 2.47. The van der Waals surface area contributed by atoms with Crippen molar-refractivity contribution in [2.45, 2.75) is 5.92 Å². The second kappa shape index (κ2) is 7.67. The number of aromatic hydroxyl groups is 6. The van der Waals surface area contributed by atoms with Gasteiger partial charge in [0.25, 0.3) is 0 Å². The van der Waals surface area contributed by atoms with E-state index in [1.54, 1.807) is 0 Å². The van der Waals surface area contributed by atoms with Gasteiger partial charge >= 0.3 is 11.9 Å². The minimum absolute atomic E-state index is 0.0487. The van der Waals surface area contributed by atoms with E-state index >= 15 is 0 Å². The van der Waals surface area contributed by atoms with E-state index in [9.17, 15) is 50.4 Å². The van der Waals surface area contributed by atoms with E-state index in [0.717, 1.165) is 30.3 Å². The van der Waals surface area contributed by atoms with Crippen molar-refractivity contribution in [2.75, 3.05) is 0 Å². The van der Waals surface area contributed by atoms with Crippen molar-refractivity contribution in [1.82, 2.24) is 0 Å². The molecule has 3 rings (SSSR count). The fourth-order valence-corrected chi connectivity index (χ4v) is 3.36. The first-order valence-corrected chi connectivity index (χ1v) is 8.62. The average Bonchev–Trinajstić information content (AvgIpc) is 2.65. The fourth-order valence-electron chi connectivity index (χ4n) is 3.36. The van der Waals surface area contributed by atoms with Crippen molar-refractivity contribution in [3.63, 3.8) is 0 Å².